The molecule has 0 bridgehead atoms. The van der Waals surface area contributed by atoms with E-state index in [2.05, 4.69) is 0 Å². The van der Waals surface area contributed by atoms with Gasteiger partial charge in [-0.3, -0.25) is 0 Å². The molecule has 0 unspecified atom stereocenters. The van der Waals surface area contributed by atoms with Gasteiger partial charge in [-0.05, 0) is 75.3 Å². The molecule has 0 spiro atoms. The van der Waals surface area contributed by atoms with Crippen molar-refractivity contribution in [3.63, 3.8) is 0 Å². The summed E-state index contributed by atoms with van der Waals surface area (Å²) in [6.45, 7) is 3.90. The maximum Gasteiger partial charge on any atom is 0.340 e. The number of rotatable bonds is 7. The molecule has 3 rings (SSSR count). The SMILES string of the molecule is CC(C)=CCc1c(OC2CCCC2)cc(C=Cc2ccc(F)cc2)c(C(=O)O)c1O. The Morgan fingerprint density at radius 1 is 1.17 bits per heavy atom. The number of allylic oxidation sites excluding steroid dienone is 2. The Morgan fingerprint density at radius 3 is 2.43 bits per heavy atom. The molecule has 1 aliphatic rings. The number of phenols is 1. The number of ether oxygens (including phenoxy) is 1. The van der Waals surface area contributed by atoms with Crippen molar-refractivity contribution in [3.8, 4) is 11.5 Å². The first-order valence-electron chi connectivity index (χ1n) is 10.2. The van der Waals surface area contributed by atoms with Crippen LogP contribution in [0, 0.1) is 5.82 Å². The van der Waals surface area contributed by atoms with Crippen LogP contribution in [-0.4, -0.2) is 22.3 Å². The number of hydrogen-bond donors (Lipinski definition) is 2. The van der Waals surface area contributed by atoms with E-state index in [0.29, 0.717) is 23.3 Å². The van der Waals surface area contributed by atoms with Crippen molar-refractivity contribution < 1.29 is 24.1 Å². The lowest BCUT2D eigenvalue weighted by Crippen LogP contribution is -2.13. The zero-order chi connectivity index (χ0) is 21.7. The summed E-state index contributed by atoms with van der Waals surface area (Å²) in [4.78, 5) is 11.9. The zero-order valence-corrected chi connectivity index (χ0v) is 17.3. The van der Waals surface area contributed by atoms with Crippen LogP contribution in [0.5, 0.6) is 11.5 Å². The number of hydrogen-bond acceptors (Lipinski definition) is 3. The van der Waals surface area contributed by atoms with Crippen LogP contribution in [0.2, 0.25) is 0 Å². The standard InChI is InChI=1S/C25H27FO4/c1-16(2)7-14-21-22(30-20-5-3-4-6-20)15-18(23(24(21)27)25(28)29)11-8-17-9-12-19(26)13-10-17/h7-13,15,20,27H,3-6,14H2,1-2H3,(H,28,29). The number of aromatic hydroxyl groups is 1. The van der Waals surface area contributed by atoms with E-state index in [1.54, 1.807) is 30.4 Å². The van der Waals surface area contributed by atoms with Crippen LogP contribution in [0.1, 0.15) is 66.6 Å². The molecule has 0 radical (unpaired) electrons. The average molecular weight is 410 g/mol. The third kappa shape index (κ3) is 5.29. The predicted molar refractivity (Wildman–Crippen MR) is 116 cm³/mol. The second-order valence-corrected chi connectivity index (χ2v) is 7.87. The molecular formula is C25H27FO4. The molecule has 30 heavy (non-hydrogen) atoms. The summed E-state index contributed by atoms with van der Waals surface area (Å²) in [5, 5.41) is 20.6. The van der Waals surface area contributed by atoms with E-state index < -0.39 is 5.97 Å². The van der Waals surface area contributed by atoms with Gasteiger partial charge in [0.25, 0.3) is 0 Å². The topological polar surface area (TPSA) is 66.8 Å². The molecule has 0 atom stereocenters. The first-order chi connectivity index (χ1) is 14.3. The van der Waals surface area contributed by atoms with Gasteiger partial charge in [-0.2, -0.15) is 0 Å². The lowest BCUT2D eigenvalue weighted by Gasteiger charge is -2.19. The molecule has 1 aliphatic carbocycles. The fourth-order valence-corrected chi connectivity index (χ4v) is 3.62. The molecule has 0 heterocycles. The van der Waals surface area contributed by atoms with Gasteiger partial charge in [0.1, 0.15) is 22.9 Å². The number of benzene rings is 2. The fraction of sp³-hybridized carbons (Fsp3) is 0.320. The smallest absolute Gasteiger partial charge is 0.340 e. The summed E-state index contributed by atoms with van der Waals surface area (Å²) in [6.07, 6.45) is 9.80. The quantitative estimate of drug-likeness (QED) is 0.419. The number of aromatic carboxylic acids is 1. The first-order valence-corrected chi connectivity index (χ1v) is 10.2. The van der Waals surface area contributed by atoms with E-state index in [9.17, 15) is 19.4 Å². The monoisotopic (exact) mass is 410 g/mol. The molecule has 0 amide bonds. The molecule has 0 aliphatic heterocycles. The lowest BCUT2D eigenvalue weighted by atomic mass is 9.97. The summed E-state index contributed by atoms with van der Waals surface area (Å²) >= 11 is 0. The molecule has 158 valence electrons. The predicted octanol–water partition coefficient (Wildman–Crippen LogP) is 6.23. The highest BCUT2D eigenvalue weighted by Crippen LogP contribution is 2.38. The molecule has 4 nitrogen and oxygen atoms in total. The van der Waals surface area contributed by atoms with Gasteiger partial charge in [-0.25, -0.2) is 9.18 Å². The summed E-state index contributed by atoms with van der Waals surface area (Å²) in [5.74, 6) is -1.31. The third-order valence-corrected chi connectivity index (χ3v) is 5.24. The lowest BCUT2D eigenvalue weighted by molar-refractivity contribution is 0.0693. The fourth-order valence-electron chi connectivity index (χ4n) is 3.62. The van der Waals surface area contributed by atoms with Gasteiger partial charge >= 0.3 is 5.97 Å². The normalized spacial score (nSPS) is 14.2. The van der Waals surface area contributed by atoms with Crippen LogP contribution in [0.3, 0.4) is 0 Å². The molecule has 0 saturated heterocycles. The van der Waals surface area contributed by atoms with E-state index in [1.165, 1.54) is 12.1 Å². The molecule has 2 aromatic rings. The van der Waals surface area contributed by atoms with E-state index in [4.69, 9.17) is 4.74 Å². The number of carboxylic acid groups (broad SMARTS) is 1. The summed E-state index contributed by atoms with van der Waals surface area (Å²) in [7, 11) is 0. The molecule has 2 aromatic carbocycles. The minimum atomic E-state index is -1.21. The maximum absolute atomic E-state index is 13.1. The molecule has 1 saturated carbocycles. The van der Waals surface area contributed by atoms with Gasteiger partial charge in [0.15, 0.2) is 0 Å². The summed E-state index contributed by atoms with van der Waals surface area (Å²) < 4.78 is 19.3. The Morgan fingerprint density at radius 2 is 1.83 bits per heavy atom. The van der Waals surface area contributed by atoms with Crippen LogP contribution >= 0.6 is 0 Å². The van der Waals surface area contributed by atoms with Gasteiger partial charge in [-0.15, -0.1) is 0 Å². The minimum absolute atomic E-state index is 0.0689. The van der Waals surface area contributed by atoms with Gasteiger partial charge in [0.05, 0.1) is 6.10 Å². The Bertz CT molecular complexity index is 964. The third-order valence-electron chi connectivity index (χ3n) is 5.24. The van der Waals surface area contributed by atoms with E-state index in [-0.39, 0.29) is 23.2 Å². The molecule has 0 aromatic heterocycles. The minimum Gasteiger partial charge on any atom is -0.507 e. The van der Waals surface area contributed by atoms with E-state index in [1.807, 2.05) is 19.9 Å². The Balaban J connectivity index is 2.07. The Kier molecular flexibility index (Phi) is 6.93. The van der Waals surface area contributed by atoms with Crippen LogP contribution in [0.4, 0.5) is 4.39 Å². The number of carbonyl (C=O) groups is 1. The van der Waals surface area contributed by atoms with Crippen molar-refractivity contribution in [1.29, 1.82) is 0 Å². The van der Waals surface area contributed by atoms with Crippen LogP contribution in [-0.2, 0) is 6.42 Å². The van der Waals surface area contributed by atoms with Gasteiger partial charge in [0, 0.05) is 5.56 Å². The van der Waals surface area contributed by atoms with Crippen LogP contribution < -0.4 is 4.74 Å². The second-order valence-electron chi connectivity index (χ2n) is 7.87. The number of halogens is 1. The molecule has 2 N–H and O–H groups in total. The van der Waals surface area contributed by atoms with Gasteiger partial charge in [0.2, 0.25) is 0 Å². The van der Waals surface area contributed by atoms with Crippen molar-refractivity contribution in [2.45, 2.75) is 52.1 Å². The summed E-state index contributed by atoms with van der Waals surface area (Å²) in [6, 6.07) is 7.57. The highest BCUT2D eigenvalue weighted by molar-refractivity contribution is 5.97. The average Bonchev–Trinajstić information content (AvgIpc) is 3.19. The van der Waals surface area contributed by atoms with Crippen molar-refractivity contribution in [2.24, 2.45) is 0 Å². The van der Waals surface area contributed by atoms with Gasteiger partial charge < -0.3 is 14.9 Å². The van der Waals surface area contributed by atoms with Crippen molar-refractivity contribution in [3.05, 3.63) is 70.1 Å². The van der Waals surface area contributed by atoms with Crippen LogP contribution in [0.15, 0.2) is 42.0 Å². The van der Waals surface area contributed by atoms with E-state index in [0.717, 1.165) is 36.8 Å². The highest BCUT2D eigenvalue weighted by atomic mass is 19.1. The maximum atomic E-state index is 13.1. The molecular weight excluding hydrogens is 383 g/mol. The van der Waals surface area contributed by atoms with E-state index >= 15 is 0 Å². The highest BCUT2D eigenvalue weighted by Gasteiger charge is 2.24. The number of carboxylic acids is 1. The van der Waals surface area contributed by atoms with Crippen molar-refractivity contribution >= 4 is 18.1 Å². The molecule has 5 heteroatoms. The Hall–Kier alpha value is -3.08. The van der Waals surface area contributed by atoms with Crippen molar-refractivity contribution in [2.75, 3.05) is 0 Å². The van der Waals surface area contributed by atoms with Crippen molar-refractivity contribution in [1.82, 2.24) is 0 Å². The Labute approximate surface area is 176 Å². The summed E-state index contributed by atoms with van der Waals surface area (Å²) in [5.41, 5.74) is 2.46. The largest absolute Gasteiger partial charge is 0.507 e. The zero-order valence-electron chi connectivity index (χ0n) is 17.3. The van der Waals surface area contributed by atoms with Gasteiger partial charge in [-0.1, -0.05) is 35.9 Å². The van der Waals surface area contributed by atoms with Crippen LogP contribution in [0.25, 0.3) is 12.2 Å². The molecule has 1 fully saturated rings. The first kappa shape index (κ1) is 21.6. The second kappa shape index (κ2) is 9.61.